The number of halogens is 3. The SMILES string of the molecule is Cc1cccc(C#Cc2nc3ccc(-c4ccccc4NS(=O)(=O)C(F)(F)F)cc3[nH]2)c1. The van der Waals surface area contributed by atoms with E-state index >= 15 is 0 Å². The fraction of sp³-hybridized carbons (Fsp3) is 0.0870. The van der Waals surface area contributed by atoms with Gasteiger partial charge in [-0.15, -0.1) is 0 Å². The van der Waals surface area contributed by atoms with Gasteiger partial charge in [-0.3, -0.25) is 4.72 Å². The van der Waals surface area contributed by atoms with E-state index in [0.717, 1.165) is 11.1 Å². The van der Waals surface area contributed by atoms with Crippen LogP contribution in [0.25, 0.3) is 22.2 Å². The summed E-state index contributed by atoms with van der Waals surface area (Å²) in [6, 6.07) is 18.6. The fourth-order valence-electron chi connectivity index (χ4n) is 3.12. The van der Waals surface area contributed by atoms with Crippen LogP contribution >= 0.6 is 0 Å². The lowest BCUT2D eigenvalue weighted by Crippen LogP contribution is -2.30. The minimum atomic E-state index is -5.54. The van der Waals surface area contributed by atoms with Gasteiger partial charge >= 0.3 is 15.5 Å². The van der Waals surface area contributed by atoms with Gasteiger partial charge in [0.1, 0.15) is 0 Å². The van der Waals surface area contributed by atoms with Crippen molar-refractivity contribution in [2.45, 2.75) is 12.4 Å². The molecule has 0 fully saturated rings. The average Bonchev–Trinajstić information content (AvgIpc) is 3.14. The number of nitrogens with one attached hydrogen (secondary N) is 2. The van der Waals surface area contributed by atoms with Crippen LogP contribution in [0.5, 0.6) is 0 Å². The maximum absolute atomic E-state index is 12.8. The predicted molar refractivity (Wildman–Crippen MR) is 117 cm³/mol. The van der Waals surface area contributed by atoms with Crippen LogP contribution < -0.4 is 4.72 Å². The Bertz CT molecular complexity index is 1480. The number of sulfonamides is 1. The molecule has 0 radical (unpaired) electrons. The van der Waals surface area contributed by atoms with Gasteiger partial charge in [0.05, 0.1) is 16.7 Å². The zero-order valence-electron chi connectivity index (χ0n) is 16.7. The second kappa shape index (κ2) is 8.05. The lowest BCUT2D eigenvalue weighted by Gasteiger charge is -2.14. The molecule has 0 unspecified atom stereocenters. The van der Waals surface area contributed by atoms with Gasteiger partial charge in [0, 0.05) is 11.1 Å². The van der Waals surface area contributed by atoms with Gasteiger partial charge in [-0.1, -0.05) is 42.3 Å². The normalized spacial score (nSPS) is 11.8. The van der Waals surface area contributed by atoms with Crippen LogP contribution in [0.4, 0.5) is 18.9 Å². The van der Waals surface area contributed by atoms with Crippen LogP contribution in [-0.4, -0.2) is 23.9 Å². The predicted octanol–water partition coefficient (Wildman–Crippen LogP) is 5.20. The van der Waals surface area contributed by atoms with Crippen LogP contribution in [0, 0.1) is 18.8 Å². The number of rotatable bonds is 3. The van der Waals surface area contributed by atoms with E-state index in [0.29, 0.717) is 28.0 Å². The summed E-state index contributed by atoms with van der Waals surface area (Å²) in [5.74, 6) is 6.43. The summed E-state index contributed by atoms with van der Waals surface area (Å²) >= 11 is 0. The van der Waals surface area contributed by atoms with Crippen molar-refractivity contribution in [2.24, 2.45) is 0 Å². The first-order valence-electron chi connectivity index (χ1n) is 9.39. The third-order valence-electron chi connectivity index (χ3n) is 4.61. The Morgan fingerprint density at radius 2 is 1.75 bits per heavy atom. The summed E-state index contributed by atoms with van der Waals surface area (Å²) in [5, 5.41) is 0. The van der Waals surface area contributed by atoms with Gasteiger partial charge < -0.3 is 4.98 Å². The van der Waals surface area contributed by atoms with E-state index in [4.69, 9.17) is 0 Å². The second-order valence-corrected chi connectivity index (χ2v) is 8.71. The van der Waals surface area contributed by atoms with Crippen molar-refractivity contribution in [2.75, 3.05) is 4.72 Å². The number of hydrogen-bond donors (Lipinski definition) is 2. The van der Waals surface area contributed by atoms with Crippen molar-refractivity contribution >= 4 is 26.7 Å². The number of para-hydroxylation sites is 1. The number of anilines is 1. The topological polar surface area (TPSA) is 74.8 Å². The Morgan fingerprint density at radius 1 is 0.969 bits per heavy atom. The van der Waals surface area contributed by atoms with E-state index in [1.807, 2.05) is 31.2 Å². The maximum Gasteiger partial charge on any atom is 0.516 e. The molecule has 0 saturated heterocycles. The summed E-state index contributed by atoms with van der Waals surface area (Å²) in [7, 11) is -5.54. The third-order valence-corrected chi connectivity index (χ3v) is 5.71. The Balaban J connectivity index is 1.69. The molecule has 9 heteroatoms. The molecule has 0 bridgehead atoms. The van der Waals surface area contributed by atoms with E-state index < -0.39 is 15.5 Å². The number of benzene rings is 3. The molecular formula is C23H16F3N3O2S. The van der Waals surface area contributed by atoms with Crippen LogP contribution in [0.15, 0.2) is 66.7 Å². The highest BCUT2D eigenvalue weighted by molar-refractivity contribution is 7.93. The average molecular weight is 455 g/mol. The minimum absolute atomic E-state index is 0.178. The molecule has 0 aliphatic heterocycles. The largest absolute Gasteiger partial charge is 0.516 e. The van der Waals surface area contributed by atoms with Crippen molar-refractivity contribution in [3.05, 3.63) is 83.7 Å². The number of aryl methyl sites for hydroxylation is 1. The van der Waals surface area contributed by atoms with Gasteiger partial charge in [-0.2, -0.15) is 21.6 Å². The van der Waals surface area contributed by atoms with Crippen molar-refractivity contribution in [1.82, 2.24) is 9.97 Å². The van der Waals surface area contributed by atoms with E-state index in [1.165, 1.54) is 18.2 Å². The highest BCUT2D eigenvalue weighted by atomic mass is 32.2. The fourth-order valence-corrected chi connectivity index (χ4v) is 3.70. The molecule has 4 aromatic rings. The van der Waals surface area contributed by atoms with Gasteiger partial charge in [-0.05, 0) is 54.3 Å². The molecule has 1 heterocycles. The standard InChI is InChI=1S/C23H16F3N3O2S/c1-15-5-4-6-16(13-15)9-12-22-27-20-11-10-17(14-21(20)28-22)18-7-2-3-8-19(18)29-32(30,31)23(24,25)26/h2-8,10-11,13-14,29H,1H3,(H,27,28). The van der Waals surface area contributed by atoms with Crippen molar-refractivity contribution < 1.29 is 21.6 Å². The molecule has 0 atom stereocenters. The quantitative estimate of drug-likeness (QED) is 0.417. The van der Waals surface area contributed by atoms with Crippen molar-refractivity contribution in [3.63, 3.8) is 0 Å². The number of aromatic amines is 1. The van der Waals surface area contributed by atoms with Crippen molar-refractivity contribution in [3.8, 4) is 23.0 Å². The first-order valence-corrected chi connectivity index (χ1v) is 10.9. The van der Waals surface area contributed by atoms with Crippen LogP contribution in [0.2, 0.25) is 0 Å². The molecule has 0 aliphatic carbocycles. The Morgan fingerprint density at radius 3 is 2.50 bits per heavy atom. The Hall–Kier alpha value is -3.77. The molecule has 162 valence electrons. The molecule has 3 aromatic carbocycles. The number of alkyl halides is 3. The number of imidazole rings is 1. The van der Waals surface area contributed by atoms with Gasteiger partial charge in [0.25, 0.3) is 0 Å². The van der Waals surface area contributed by atoms with Gasteiger partial charge in [0.2, 0.25) is 0 Å². The van der Waals surface area contributed by atoms with Crippen LogP contribution in [0.3, 0.4) is 0 Å². The minimum Gasteiger partial charge on any atom is -0.331 e. The zero-order chi connectivity index (χ0) is 22.9. The highest BCUT2D eigenvalue weighted by Crippen LogP contribution is 2.33. The smallest absolute Gasteiger partial charge is 0.331 e. The summed E-state index contributed by atoms with van der Waals surface area (Å²) < 4.78 is 63.2. The lowest BCUT2D eigenvalue weighted by atomic mass is 10.0. The Kier molecular flexibility index (Phi) is 5.40. The lowest BCUT2D eigenvalue weighted by molar-refractivity contribution is -0.0429. The van der Waals surface area contributed by atoms with Gasteiger partial charge in [0.15, 0.2) is 5.82 Å². The molecule has 1 aromatic heterocycles. The van der Waals surface area contributed by atoms with Gasteiger partial charge in [-0.25, -0.2) is 4.98 Å². The van der Waals surface area contributed by atoms with E-state index in [1.54, 1.807) is 29.0 Å². The molecular weight excluding hydrogens is 439 g/mol. The van der Waals surface area contributed by atoms with E-state index in [-0.39, 0.29) is 5.69 Å². The molecule has 0 aliphatic rings. The number of fused-ring (bicyclic) bond motifs is 1. The number of hydrogen-bond acceptors (Lipinski definition) is 3. The first-order chi connectivity index (χ1) is 15.1. The van der Waals surface area contributed by atoms with Crippen molar-refractivity contribution in [1.29, 1.82) is 0 Å². The summed E-state index contributed by atoms with van der Waals surface area (Å²) in [6.45, 7) is 1.97. The molecule has 2 N–H and O–H groups in total. The van der Waals surface area contributed by atoms with Crippen LogP contribution in [0.1, 0.15) is 17.0 Å². The zero-order valence-corrected chi connectivity index (χ0v) is 17.5. The molecule has 32 heavy (non-hydrogen) atoms. The molecule has 0 spiro atoms. The first kappa shape index (κ1) is 21.5. The molecule has 5 nitrogen and oxygen atoms in total. The summed E-state index contributed by atoms with van der Waals surface area (Å²) in [4.78, 5) is 7.49. The Labute approximate surface area is 182 Å². The van der Waals surface area contributed by atoms with E-state index in [9.17, 15) is 21.6 Å². The van der Waals surface area contributed by atoms with Crippen LogP contribution in [-0.2, 0) is 10.0 Å². The molecule has 4 rings (SSSR count). The summed E-state index contributed by atoms with van der Waals surface area (Å²) in [5.41, 5.74) is -1.62. The monoisotopic (exact) mass is 455 g/mol. The highest BCUT2D eigenvalue weighted by Gasteiger charge is 2.46. The number of nitrogens with zero attached hydrogens (tertiary/aromatic N) is 1. The molecule has 0 saturated carbocycles. The maximum atomic E-state index is 12.8. The number of aromatic nitrogens is 2. The number of H-pyrrole nitrogens is 1. The third kappa shape index (κ3) is 4.45. The summed E-state index contributed by atoms with van der Waals surface area (Å²) in [6.07, 6.45) is 0. The second-order valence-electron chi connectivity index (χ2n) is 7.03. The van der Waals surface area contributed by atoms with E-state index in [2.05, 4.69) is 21.8 Å². The molecule has 0 amide bonds.